The number of carbonyl (C=O) groups excluding carboxylic acids is 1. The number of aliphatic hydroxyl groups excluding tert-OH is 1. The molecule has 0 bridgehead atoms. The summed E-state index contributed by atoms with van der Waals surface area (Å²) in [5.41, 5.74) is 1.11. The van der Waals surface area contributed by atoms with Crippen LogP contribution in [0.2, 0.25) is 0 Å². The molecule has 1 spiro atoms. The molecule has 1 aliphatic carbocycles. The van der Waals surface area contributed by atoms with E-state index in [0.717, 1.165) is 38.3 Å². The molecule has 1 aromatic heterocycles. The summed E-state index contributed by atoms with van der Waals surface area (Å²) in [4.78, 5) is 21.4. The van der Waals surface area contributed by atoms with Gasteiger partial charge in [-0.1, -0.05) is 6.07 Å². The molecule has 2 saturated heterocycles. The molecule has 1 aromatic rings. The second-order valence-electron chi connectivity index (χ2n) is 8.42. The minimum atomic E-state index is -0.272. The van der Waals surface area contributed by atoms with E-state index in [4.69, 9.17) is 4.74 Å². The zero-order valence-electron chi connectivity index (χ0n) is 15.5. The number of hydrogen-bond acceptors (Lipinski definition) is 5. The van der Waals surface area contributed by atoms with E-state index < -0.39 is 0 Å². The molecule has 0 unspecified atom stereocenters. The van der Waals surface area contributed by atoms with Gasteiger partial charge in [0.05, 0.1) is 25.0 Å². The van der Waals surface area contributed by atoms with E-state index in [1.54, 1.807) is 6.20 Å². The van der Waals surface area contributed by atoms with Crippen molar-refractivity contribution in [2.45, 2.75) is 32.0 Å². The predicted molar refractivity (Wildman–Crippen MR) is 97.2 cm³/mol. The van der Waals surface area contributed by atoms with Crippen molar-refractivity contribution in [2.24, 2.45) is 17.3 Å². The molecule has 6 nitrogen and oxygen atoms in total. The van der Waals surface area contributed by atoms with Crippen LogP contribution in [0.25, 0.3) is 0 Å². The van der Waals surface area contributed by atoms with Gasteiger partial charge in [0.2, 0.25) is 5.91 Å². The van der Waals surface area contributed by atoms with Gasteiger partial charge in [0, 0.05) is 49.6 Å². The largest absolute Gasteiger partial charge is 0.393 e. The molecule has 3 aliphatic rings. The molecule has 3 heterocycles. The lowest BCUT2D eigenvalue weighted by Crippen LogP contribution is -2.44. The number of aliphatic hydroxyl groups is 1. The van der Waals surface area contributed by atoms with Crippen molar-refractivity contribution in [2.75, 3.05) is 39.8 Å². The number of rotatable bonds is 5. The third-order valence-electron chi connectivity index (χ3n) is 6.44. The highest BCUT2D eigenvalue weighted by molar-refractivity contribution is 5.80. The maximum Gasteiger partial charge on any atom is 0.225 e. The lowest BCUT2D eigenvalue weighted by molar-refractivity contribution is -0.141. The second kappa shape index (κ2) is 7.25. The summed E-state index contributed by atoms with van der Waals surface area (Å²) < 4.78 is 6.00. The van der Waals surface area contributed by atoms with Crippen molar-refractivity contribution in [3.63, 3.8) is 0 Å². The summed E-state index contributed by atoms with van der Waals surface area (Å²) in [7, 11) is 2.16. The van der Waals surface area contributed by atoms with Crippen molar-refractivity contribution in [1.82, 2.24) is 14.8 Å². The van der Waals surface area contributed by atoms with E-state index in [2.05, 4.69) is 16.9 Å². The van der Waals surface area contributed by atoms with Gasteiger partial charge in [0.1, 0.15) is 0 Å². The van der Waals surface area contributed by atoms with Gasteiger partial charge in [-0.15, -0.1) is 0 Å². The number of aromatic nitrogens is 1. The van der Waals surface area contributed by atoms with Gasteiger partial charge in [0.25, 0.3) is 0 Å². The highest BCUT2D eigenvalue weighted by Crippen LogP contribution is 2.44. The van der Waals surface area contributed by atoms with Crippen molar-refractivity contribution in [1.29, 1.82) is 0 Å². The fourth-order valence-corrected chi connectivity index (χ4v) is 4.91. The Labute approximate surface area is 155 Å². The molecule has 3 fully saturated rings. The maximum atomic E-state index is 12.7. The molecule has 0 aromatic carbocycles. The van der Waals surface area contributed by atoms with E-state index >= 15 is 0 Å². The Morgan fingerprint density at radius 2 is 2.23 bits per heavy atom. The van der Waals surface area contributed by atoms with Gasteiger partial charge in [0.15, 0.2) is 0 Å². The van der Waals surface area contributed by atoms with E-state index in [-0.39, 0.29) is 23.3 Å². The first-order chi connectivity index (χ1) is 12.6. The first-order valence-corrected chi connectivity index (χ1v) is 9.69. The fourth-order valence-electron chi connectivity index (χ4n) is 4.91. The zero-order chi connectivity index (χ0) is 18.1. The third kappa shape index (κ3) is 3.50. The molecule has 0 radical (unpaired) electrons. The van der Waals surface area contributed by atoms with Crippen LogP contribution in [-0.4, -0.2) is 71.7 Å². The second-order valence-corrected chi connectivity index (χ2v) is 8.42. The maximum absolute atomic E-state index is 12.7. The van der Waals surface area contributed by atoms with Gasteiger partial charge < -0.3 is 19.6 Å². The summed E-state index contributed by atoms with van der Waals surface area (Å²) in [6, 6.07) is 5.88. The molecule has 1 saturated carbocycles. The van der Waals surface area contributed by atoms with Crippen LogP contribution >= 0.6 is 0 Å². The zero-order valence-corrected chi connectivity index (χ0v) is 15.5. The van der Waals surface area contributed by atoms with Crippen LogP contribution in [0.5, 0.6) is 0 Å². The summed E-state index contributed by atoms with van der Waals surface area (Å²) in [6.45, 7) is 4.98. The SMILES string of the molecule is CN1C[C@@H](COCc2ccccn2)[C@]2(CCN(C(=O)C3CC(O)C3)C2)C1. The molecule has 4 rings (SSSR count). The summed E-state index contributed by atoms with van der Waals surface area (Å²) in [5, 5.41) is 9.48. The van der Waals surface area contributed by atoms with Crippen LogP contribution in [-0.2, 0) is 16.1 Å². The first-order valence-electron chi connectivity index (χ1n) is 9.69. The Kier molecular flexibility index (Phi) is 4.99. The highest BCUT2D eigenvalue weighted by atomic mass is 16.5. The van der Waals surface area contributed by atoms with Crippen molar-refractivity contribution in [3.05, 3.63) is 30.1 Å². The lowest BCUT2D eigenvalue weighted by Gasteiger charge is -2.35. The van der Waals surface area contributed by atoms with Gasteiger partial charge in [-0.25, -0.2) is 0 Å². The van der Waals surface area contributed by atoms with Crippen molar-refractivity contribution >= 4 is 5.91 Å². The van der Waals surface area contributed by atoms with E-state index in [1.807, 2.05) is 23.1 Å². The molecule has 6 heteroatoms. The average molecular weight is 359 g/mol. The van der Waals surface area contributed by atoms with Crippen LogP contribution in [0.3, 0.4) is 0 Å². The Morgan fingerprint density at radius 1 is 1.38 bits per heavy atom. The number of amides is 1. The molecular weight excluding hydrogens is 330 g/mol. The van der Waals surface area contributed by atoms with E-state index in [9.17, 15) is 9.90 Å². The van der Waals surface area contributed by atoms with Gasteiger partial charge in [-0.3, -0.25) is 9.78 Å². The Balaban J connectivity index is 1.34. The van der Waals surface area contributed by atoms with Crippen LogP contribution in [0, 0.1) is 17.3 Å². The average Bonchev–Trinajstić information content (AvgIpc) is 3.16. The van der Waals surface area contributed by atoms with Gasteiger partial charge in [-0.05, 0) is 38.4 Å². The Bertz CT molecular complexity index is 634. The topological polar surface area (TPSA) is 65.9 Å². The molecule has 2 atom stereocenters. The summed E-state index contributed by atoms with van der Waals surface area (Å²) >= 11 is 0. The number of ether oxygens (including phenoxy) is 1. The molecule has 2 aliphatic heterocycles. The fraction of sp³-hybridized carbons (Fsp3) is 0.700. The molecule has 1 amide bonds. The molecule has 26 heavy (non-hydrogen) atoms. The normalized spacial score (nSPS) is 34.4. The van der Waals surface area contributed by atoms with E-state index in [0.29, 0.717) is 32.0 Å². The van der Waals surface area contributed by atoms with Crippen LogP contribution in [0.15, 0.2) is 24.4 Å². The van der Waals surface area contributed by atoms with Crippen LogP contribution < -0.4 is 0 Å². The third-order valence-corrected chi connectivity index (χ3v) is 6.44. The van der Waals surface area contributed by atoms with Gasteiger partial charge in [-0.2, -0.15) is 0 Å². The smallest absolute Gasteiger partial charge is 0.225 e. The standard InChI is InChI=1S/C20H29N3O3/c1-22-10-16(11-26-12-17-4-2-3-6-21-17)20(13-22)5-7-23(14-20)19(25)15-8-18(24)9-15/h2-4,6,15-16,18,24H,5,7-14H2,1H3/t15?,16-,18?,20+/m0/s1. The molecule has 142 valence electrons. The van der Waals surface area contributed by atoms with Crippen LogP contribution in [0.1, 0.15) is 25.0 Å². The summed E-state index contributed by atoms with van der Waals surface area (Å²) in [5.74, 6) is 0.731. The van der Waals surface area contributed by atoms with Crippen LogP contribution in [0.4, 0.5) is 0 Å². The molecule has 1 N–H and O–H groups in total. The number of likely N-dealkylation sites (tertiary alicyclic amines) is 2. The quantitative estimate of drug-likeness (QED) is 0.854. The van der Waals surface area contributed by atoms with Crippen molar-refractivity contribution in [3.8, 4) is 0 Å². The lowest BCUT2D eigenvalue weighted by atomic mass is 9.77. The number of nitrogens with zero attached hydrogens (tertiary/aromatic N) is 3. The predicted octanol–water partition coefficient (Wildman–Crippen LogP) is 1.15. The first kappa shape index (κ1) is 17.9. The number of pyridine rings is 1. The Hall–Kier alpha value is -1.50. The van der Waals surface area contributed by atoms with Gasteiger partial charge >= 0.3 is 0 Å². The van der Waals surface area contributed by atoms with Crippen molar-refractivity contribution < 1.29 is 14.6 Å². The monoisotopic (exact) mass is 359 g/mol. The highest BCUT2D eigenvalue weighted by Gasteiger charge is 2.51. The minimum absolute atomic E-state index is 0.0399. The number of hydrogen-bond donors (Lipinski definition) is 1. The van der Waals surface area contributed by atoms with E-state index in [1.165, 1.54) is 0 Å². The minimum Gasteiger partial charge on any atom is -0.393 e. The number of carbonyl (C=O) groups is 1. The molecular formula is C20H29N3O3. The summed E-state index contributed by atoms with van der Waals surface area (Å²) in [6.07, 6.45) is 3.85. The Morgan fingerprint density at radius 3 is 2.96 bits per heavy atom.